The van der Waals surface area contributed by atoms with Crippen molar-refractivity contribution in [3.8, 4) is 5.75 Å². The zero-order valence-electron chi connectivity index (χ0n) is 9.68. The van der Waals surface area contributed by atoms with Crippen LogP contribution in [-0.2, 0) is 12.6 Å². The number of ether oxygens (including phenoxy) is 1. The van der Waals surface area contributed by atoms with Gasteiger partial charge in [0.15, 0.2) is 0 Å². The third kappa shape index (κ3) is 3.93. The van der Waals surface area contributed by atoms with Crippen molar-refractivity contribution >= 4 is 0 Å². The monoisotopic (exact) mass is 247 g/mol. The summed E-state index contributed by atoms with van der Waals surface area (Å²) in [5.41, 5.74) is 5.28. The fraction of sp³-hybridized carbons (Fsp3) is 0.500. The first-order chi connectivity index (χ1) is 7.99. The highest BCUT2D eigenvalue weighted by molar-refractivity contribution is 5.39. The lowest BCUT2D eigenvalue weighted by Gasteiger charge is -2.13. The lowest BCUT2D eigenvalue weighted by molar-refractivity contribution is -0.138. The molecule has 1 aromatic rings. The number of hydrogen-bond donors (Lipinski definition) is 1. The molecule has 0 fully saturated rings. The summed E-state index contributed by atoms with van der Waals surface area (Å²) < 4.78 is 42.8. The van der Waals surface area contributed by atoms with Crippen LogP contribution in [0, 0.1) is 0 Å². The zero-order chi connectivity index (χ0) is 12.9. The number of rotatable bonds is 5. The van der Waals surface area contributed by atoms with Crippen LogP contribution < -0.4 is 10.5 Å². The number of halogens is 3. The van der Waals surface area contributed by atoms with Crippen LogP contribution in [0.2, 0.25) is 0 Å². The Balaban J connectivity index is 2.89. The number of methoxy groups -OCH3 is 1. The molecule has 0 aliphatic rings. The van der Waals surface area contributed by atoms with Gasteiger partial charge in [-0.15, -0.1) is 0 Å². The molecular formula is C12H16F3NO. The predicted octanol–water partition coefficient (Wildman–Crippen LogP) is 3.00. The van der Waals surface area contributed by atoms with Gasteiger partial charge in [-0.25, -0.2) is 0 Å². The second kappa shape index (κ2) is 5.91. The Morgan fingerprint density at radius 2 is 1.94 bits per heavy atom. The first kappa shape index (κ1) is 13.8. The van der Waals surface area contributed by atoms with E-state index in [9.17, 15) is 13.2 Å². The van der Waals surface area contributed by atoms with Gasteiger partial charge in [-0.3, -0.25) is 0 Å². The molecule has 0 saturated carbocycles. The molecule has 0 aliphatic carbocycles. The Morgan fingerprint density at radius 1 is 1.24 bits per heavy atom. The first-order valence-electron chi connectivity index (χ1n) is 5.43. The van der Waals surface area contributed by atoms with E-state index in [1.807, 2.05) is 0 Å². The largest absolute Gasteiger partial charge is 0.496 e. The molecule has 2 N–H and O–H groups in total. The summed E-state index contributed by atoms with van der Waals surface area (Å²) in [6, 6.07) is 4.17. The van der Waals surface area contributed by atoms with Gasteiger partial charge < -0.3 is 10.5 Å². The maximum atomic E-state index is 12.7. The number of nitrogens with two attached hydrogens (primary N) is 1. The maximum absolute atomic E-state index is 12.7. The second-order valence-electron chi connectivity index (χ2n) is 3.78. The summed E-state index contributed by atoms with van der Waals surface area (Å²) in [4.78, 5) is 0. The van der Waals surface area contributed by atoms with Gasteiger partial charge in [-0.05, 0) is 43.5 Å². The van der Waals surface area contributed by atoms with Crippen molar-refractivity contribution in [3.05, 3.63) is 29.3 Å². The molecule has 1 rings (SSSR count). The molecule has 0 unspecified atom stereocenters. The van der Waals surface area contributed by atoms with E-state index in [1.54, 1.807) is 6.07 Å². The predicted molar refractivity (Wildman–Crippen MR) is 60.0 cm³/mol. The SMILES string of the molecule is COc1ccc(CCCCN)cc1C(F)(F)F. The van der Waals surface area contributed by atoms with Crippen molar-refractivity contribution in [2.75, 3.05) is 13.7 Å². The van der Waals surface area contributed by atoms with Gasteiger partial charge in [0.25, 0.3) is 0 Å². The molecule has 0 bridgehead atoms. The maximum Gasteiger partial charge on any atom is 0.419 e. The van der Waals surface area contributed by atoms with Gasteiger partial charge in [-0.1, -0.05) is 6.07 Å². The topological polar surface area (TPSA) is 35.2 Å². The van der Waals surface area contributed by atoms with Crippen LogP contribution in [-0.4, -0.2) is 13.7 Å². The van der Waals surface area contributed by atoms with Crippen molar-refractivity contribution in [2.45, 2.75) is 25.4 Å². The molecule has 1 aromatic carbocycles. The van der Waals surface area contributed by atoms with Crippen LogP contribution in [0.1, 0.15) is 24.0 Å². The summed E-state index contributed by atoms with van der Waals surface area (Å²) in [6.45, 7) is 0.558. The molecule has 0 atom stereocenters. The Kier molecular flexibility index (Phi) is 4.81. The van der Waals surface area contributed by atoms with Gasteiger partial charge in [0.05, 0.1) is 12.7 Å². The molecule has 2 nitrogen and oxygen atoms in total. The average Bonchev–Trinajstić information content (AvgIpc) is 2.28. The molecule has 0 saturated heterocycles. The van der Waals surface area contributed by atoms with E-state index in [4.69, 9.17) is 10.5 Å². The minimum Gasteiger partial charge on any atom is -0.496 e. The van der Waals surface area contributed by atoms with Gasteiger partial charge in [-0.2, -0.15) is 13.2 Å². The Bertz CT molecular complexity index is 363. The van der Waals surface area contributed by atoms with Crippen molar-refractivity contribution in [2.24, 2.45) is 5.73 Å². The van der Waals surface area contributed by atoms with E-state index in [-0.39, 0.29) is 5.75 Å². The smallest absolute Gasteiger partial charge is 0.419 e. The average molecular weight is 247 g/mol. The zero-order valence-corrected chi connectivity index (χ0v) is 9.68. The van der Waals surface area contributed by atoms with Crippen molar-refractivity contribution in [1.29, 1.82) is 0 Å². The van der Waals surface area contributed by atoms with Crippen LogP contribution in [0.25, 0.3) is 0 Å². The molecular weight excluding hydrogens is 231 g/mol. The fourth-order valence-electron chi connectivity index (χ4n) is 1.61. The molecule has 0 radical (unpaired) electrons. The standard InChI is InChI=1S/C12H16F3NO/c1-17-11-6-5-9(4-2-3-7-16)8-10(11)12(13,14)15/h5-6,8H,2-4,7,16H2,1H3. The molecule has 0 spiro atoms. The van der Waals surface area contributed by atoms with Crippen LogP contribution in [0.4, 0.5) is 13.2 Å². The number of unbranched alkanes of at least 4 members (excludes halogenated alkanes) is 1. The van der Waals surface area contributed by atoms with E-state index >= 15 is 0 Å². The van der Waals surface area contributed by atoms with Crippen molar-refractivity contribution < 1.29 is 17.9 Å². The van der Waals surface area contributed by atoms with Gasteiger partial charge in [0.2, 0.25) is 0 Å². The van der Waals surface area contributed by atoms with E-state index in [0.29, 0.717) is 18.5 Å². The summed E-state index contributed by atoms with van der Waals surface area (Å²) in [5, 5.41) is 0. The summed E-state index contributed by atoms with van der Waals surface area (Å²) in [6.07, 6.45) is -2.17. The van der Waals surface area contributed by atoms with E-state index < -0.39 is 11.7 Å². The van der Waals surface area contributed by atoms with Crippen LogP contribution in [0.3, 0.4) is 0 Å². The Hall–Kier alpha value is -1.23. The lowest BCUT2D eigenvalue weighted by Crippen LogP contribution is -2.08. The molecule has 96 valence electrons. The van der Waals surface area contributed by atoms with Crippen LogP contribution >= 0.6 is 0 Å². The highest BCUT2D eigenvalue weighted by Crippen LogP contribution is 2.36. The molecule has 0 aliphatic heterocycles. The van der Waals surface area contributed by atoms with Gasteiger partial charge in [0, 0.05) is 0 Å². The van der Waals surface area contributed by atoms with Crippen molar-refractivity contribution in [1.82, 2.24) is 0 Å². The third-order valence-electron chi connectivity index (χ3n) is 2.49. The minimum atomic E-state index is -4.38. The van der Waals surface area contributed by atoms with E-state index in [2.05, 4.69) is 0 Å². The molecule has 17 heavy (non-hydrogen) atoms. The number of aryl methyl sites for hydroxylation is 1. The normalized spacial score (nSPS) is 11.6. The summed E-state index contributed by atoms with van der Waals surface area (Å²) >= 11 is 0. The van der Waals surface area contributed by atoms with Crippen molar-refractivity contribution in [3.63, 3.8) is 0 Å². The first-order valence-corrected chi connectivity index (χ1v) is 5.43. The highest BCUT2D eigenvalue weighted by atomic mass is 19.4. The number of alkyl halides is 3. The van der Waals surface area contributed by atoms with Crippen LogP contribution in [0.15, 0.2) is 18.2 Å². The number of hydrogen-bond acceptors (Lipinski definition) is 2. The molecule has 0 aromatic heterocycles. The van der Waals surface area contributed by atoms with Gasteiger partial charge in [0.1, 0.15) is 5.75 Å². The van der Waals surface area contributed by atoms with Gasteiger partial charge >= 0.3 is 6.18 Å². The minimum absolute atomic E-state index is 0.139. The second-order valence-corrected chi connectivity index (χ2v) is 3.78. The fourth-order valence-corrected chi connectivity index (χ4v) is 1.61. The Morgan fingerprint density at radius 3 is 2.47 bits per heavy atom. The molecule has 0 heterocycles. The quantitative estimate of drug-likeness (QED) is 0.812. The third-order valence-corrected chi connectivity index (χ3v) is 2.49. The molecule has 0 amide bonds. The highest BCUT2D eigenvalue weighted by Gasteiger charge is 2.34. The lowest BCUT2D eigenvalue weighted by atomic mass is 10.0. The number of benzene rings is 1. The Labute approximate surface area is 98.6 Å². The molecule has 5 heteroatoms. The summed E-state index contributed by atoms with van der Waals surface area (Å²) in [5.74, 6) is -0.139. The van der Waals surface area contributed by atoms with E-state index in [1.165, 1.54) is 13.2 Å². The van der Waals surface area contributed by atoms with Crippen LogP contribution in [0.5, 0.6) is 5.75 Å². The summed E-state index contributed by atoms with van der Waals surface area (Å²) in [7, 11) is 1.23. The van der Waals surface area contributed by atoms with E-state index in [0.717, 1.165) is 18.9 Å².